The number of hydrazone groups is 1. The smallest absolute Gasteiger partial charge is 0.373 e. The van der Waals surface area contributed by atoms with E-state index >= 15 is 0 Å². The molecule has 0 fully saturated rings. The van der Waals surface area contributed by atoms with Gasteiger partial charge in [0.05, 0.1) is 26.1 Å². The van der Waals surface area contributed by atoms with Crippen LogP contribution in [0, 0.1) is 5.82 Å². The zero-order chi connectivity index (χ0) is 25.4. The highest BCUT2D eigenvalue weighted by molar-refractivity contribution is 9.10. The predicted octanol–water partition coefficient (Wildman–Crippen LogP) is 3.64. The quantitative estimate of drug-likeness (QED) is 0.190. The van der Waals surface area contributed by atoms with Crippen molar-refractivity contribution in [1.29, 1.82) is 0 Å². The van der Waals surface area contributed by atoms with Crippen LogP contribution in [0.3, 0.4) is 0 Å². The summed E-state index contributed by atoms with van der Waals surface area (Å²) in [5.74, 6) is -2.25. The highest BCUT2D eigenvalue weighted by atomic mass is 79.9. The molecule has 12 heteroatoms. The lowest BCUT2D eigenvalue weighted by Gasteiger charge is -2.10. The number of anilines is 1. The lowest BCUT2D eigenvalue weighted by Crippen LogP contribution is -2.32. The van der Waals surface area contributed by atoms with Gasteiger partial charge in [-0.3, -0.25) is 9.59 Å². The molecule has 0 saturated carbocycles. The van der Waals surface area contributed by atoms with Crippen molar-refractivity contribution in [3.05, 3.63) is 75.9 Å². The topological polar surface area (TPSA) is 128 Å². The first-order valence-electron chi connectivity index (χ1n) is 9.88. The highest BCUT2D eigenvalue weighted by Crippen LogP contribution is 2.28. The lowest BCUT2D eigenvalue weighted by atomic mass is 10.2. The molecule has 10 nitrogen and oxygen atoms in total. The summed E-state index contributed by atoms with van der Waals surface area (Å²) in [6.45, 7) is 0.0327. The van der Waals surface area contributed by atoms with Crippen LogP contribution < -0.4 is 20.2 Å². The molecular formula is C23H19BrFN3O7. The number of hydrogen-bond acceptors (Lipinski definition) is 8. The minimum Gasteiger partial charge on any atom is -0.493 e. The fourth-order valence-corrected chi connectivity index (χ4v) is 3.02. The minimum absolute atomic E-state index is 0.0327. The van der Waals surface area contributed by atoms with E-state index < -0.39 is 23.6 Å². The fourth-order valence-electron chi connectivity index (χ4n) is 2.68. The first-order chi connectivity index (χ1) is 16.8. The van der Waals surface area contributed by atoms with E-state index in [1.807, 2.05) is 0 Å². The molecule has 0 unspecified atom stereocenters. The van der Waals surface area contributed by atoms with Crippen molar-refractivity contribution in [2.45, 2.75) is 6.61 Å². The van der Waals surface area contributed by atoms with Gasteiger partial charge in [-0.2, -0.15) is 5.10 Å². The van der Waals surface area contributed by atoms with Crippen LogP contribution in [0.1, 0.15) is 21.9 Å². The Morgan fingerprint density at radius 1 is 1.06 bits per heavy atom. The Kier molecular flexibility index (Phi) is 8.57. The van der Waals surface area contributed by atoms with Crippen LogP contribution in [0.2, 0.25) is 0 Å². The lowest BCUT2D eigenvalue weighted by molar-refractivity contribution is -0.136. The standard InChI is InChI=1S/C23H19BrFN3O7/c1-32-20-9-13(3-7-18(20)34-12-15-5-8-19(35-15)23(31)33-2)11-26-28-22(30)21(29)27-17-6-4-14(24)10-16(17)25/h3-11H,12H2,1-2H3,(H,27,29)(H,28,30). The van der Waals surface area contributed by atoms with Crippen LogP contribution in [-0.4, -0.2) is 38.2 Å². The average molecular weight is 548 g/mol. The second kappa shape index (κ2) is 11.8. The molecule has 2 aromatic carbocycles. The maximum Gasteiger partial charge on any atom is 0.373 e. The Bertz CT molecular complexity index is 1280. The number of nitrogens with one attached hydrogen (secondary N) is 2. The predicted molar refractivity (Wildman–Crippen MR) is 126 cm³/mol. The number of amides is 2. The zero-order valence-electron chi connectivity index (χ0n) is 18.5. The number of hydrogen-bond donors (Lipinski definition) is 2. The Hall–Kier alpha value is -4.19. The van der Waals surface area contributed by atoms with Gasteiger partial charge in [0, 0.05) is 4.47 Å². The van der Waals surface area contributed by atoms with Crippen molar-refractivity contribution in [3.63, 3.8) is 0 Å². The van der Waals surface area contributed by atoms with Gasteiger partial charge in [0.25, 0.3) is 0 Å². The molecule has 182 valence electrons. The summed E-state index contributed by atoms with van der Waals surface area (Å²) in [7, 11) is 2.70. The van der Waals surface area contributed by atoms with Crippen LogP contribution in [0.25, 0.3) is 0 Å². The summed E-state index contributed by atoms with van der Waals surface area (Å²) >= 11 is 3.10. The van der Waals surface area contributed by atoms with E-state index in [-0.39, 0.29) is 18.1 Å². The third kappa shape index (κ3) is 6.90. The maximum atomic E-state index is 13.8. The summed E-state index contributed by atoms with van der Waals surface area (Å²) in [5, 5.41) is 5.88. The number of rotatable bonds is 8. The third-order valence-corrected chi connectivity index (χ3v) is 4.86. The van der Waals surface area contributed by atoms with Crippen LogP contribution in [0.4, 0.5) is 10.1 Å². The number of ether oxygens (including phenoxy) is 3. The number of halogens is 2. The fraction of sp³-hybridized carbons (Fsp3) is 0.130. The number of furan rings is 1. The van der Waals surface area contributed by atoms with Crippen LogP contribution in [0.5, 0.6) is 11.5 Å². The molecule has 1 aromatic heterocycles. The third-order valence-electron chi connectivity index (χ3n) is 4.37. The minimum atomic E-state index is -1.09. The van der Waals surface area contributed by atoms with Gasteiger partial charge in [-0.05, 0) is 54.1 Å². The molecule has 2 amide bonds. The molecule has 0 aliphatic rings. The number of benzene rings is 2. The second-order valence-corrected chi connectivity index (χ2v) is 7.65. The summed E-state index contributed by atoms with van der Waals surface area (Å²) in [6, 6.07) is 11.9. The summed E-state index contributed by atoms with van der Waals surface area (Å²) < 4.78 is 35.2. The number of nitrogens with zero attached hydrogens (tertiary/aromatic N) is 1. The molecule has 0 bridgehead atoms. The number of carbonyl (C=O) groups is 3. The monoisotopic (exact) mass is 547 g/mol. The Morgan fingerprint density at radius 3 is 2.57 bits per heavy atom. The van der Waals surface area contributed by atoms with E-state index in [9.17, 15) is 18.8 Å². The molecule has 3 rings (SSSR count). The number of esters is 1. The van der Waals surface area contributed by atoms with E-state index in [2.05, 4.69) is 36.5 Å². The van der Waals surface area contributed by atoms with Gasteiger partial charge in [0.2, 0.25) is 5.76 Å². The normalized spacial score (nSPS) is 10.6. The molecule has 3 aromatic rings. The van der Waals surface area contributed by atoms with Crippen molar-refractivity contribution in [2.24, 2.45) is 5.10 Å². The largest absolute Gasteiger partial charge is 0.493 e. The zero-order valence-corrected chi connectivity index (χ0v) is 20.1. The SMILES string of the molecule is COC(=O)c1ccc(COc2ccc(C=NNC(=O)C(=O)Nc3ccc(Br)cc3F)cc2OC)o1. The molecule has 0 aliphatic carbocycles. The molecule has 1 heterocycles. The van der Waals surface area contributed by atoms with Gasteiger partial charge >= 0.3 is 17.8 Å². The van der Waals surface area contributed by atoms with E-state index in [0.29, 0.717) is 27.3 Å². The maximum absolute atomic E-state index is 13.8. The number of carbonyl (C=O) groups excluding carboxylic acids is 3. The van der Waals surface area contributed by atoms with E-state index in [4.69, 9.17) is 13.9 Å². The summed E-state index contributed by atoms with van der Waals surface area (Å²) in [6.07, 6.45) is 1.28. The first-order valence-corrected chi connectivity index (χ1v) is 10.7. The molecule has 0 radical (unpaired) electrons. The van der Waals surface area contributed by atoms with Crippen molar-refractivity contribution >= 4 is 45.6 Å². The highest BCUT2D eigenvalue weighted by Gasteiger charge is 2.15. The van der Waals surface area contributed by atoms with Gasteiger partial charge in [-0.1, -0.05) is 15.9 Å². The van der Waals surface area contributed by atoms with Gasteiger partial charge in [0.15, 0.2) is 11.5 Å². The molecule has 35 heavy (non-hydrogen) atoms. The summed E-state index contributed by atoms with van der Waals surface area (Å²) in [4.78, 5) is 35.3. The Balaban J connectivity index is 1.56. The van der Waals surface area contributed by atoms with Gasteiger partial charge < -0.3 is 23.9 Å². The molecular weight excluding hydrogens is 529 g/mol. The molecule has 0 atom stereocenters. The summed E-state index contributed by atoms with van der Waals surface area (Å²) in [5.41, 5.74) is 2.44. The Labute approximate surface area is 207 Å². The van der Waals surface area contributed by atoms with Gasteiger partial charge in [-0.15, -0.1) is 0 Å². The van der Waals surface area contributed by atoms with Crippen LogP contribution >= 0.6 is 15.9 Å². The van der Waals surface area contributed by atoms with Crippen LogP contribution in [0.15, 0.2) is 62.5 Å². The van der Waals surface area contributed by atoms with Crippen molar-refractivity contribution in [3.8, 4) is 11.5 Å². The van der Waals surface area contributed by atoms with E-state index in [1.165, 1.54) is 38.6 Å². The van der Waals surface area contributed by atoms with E-state index in [0.717, 1.165) is 6.07 Å². The second-order valence-electron chi connectivity index (χ2n) is 6.73. The van der Waals surface area contributed by atoms with Gasteiger partial charge in [-0.25, -0.2) is 14.6 Å². The molecule has 0 spiro atoms. The van der Waals surface area contributed by atoms with Crippen molar-refractivity contribution in [2.75, 3.05) is 19.5 Å². The average Bonchev–Trinajstić information content (AvgIpc) is 3.33. The first kappa shape index (κ1) is 25.4. The Morgan fingerprint density at radius 2 is 1.86 bits per heavy atom. The van der Waals surface area contributed by atoms with E-state index in [1.54, 1.807) is 24.3 Å². The van der Waals surface area contributed by atoms with Crippen LogP contribution in [-0.2, 0) is 20.9 Å². The molecule has 2 N–H and O–H groups in total. The molecule has 0 aliphatic heterocycles. The van der Waals surface area contributed by atoms with Crippen molar-refractivity contribution in [1.82, 2.24) is 5.43 Å². The van der Waals surface area contributed by atoms with Crippen molar-refractivity contribution < 1.29 is 37.4 Å². The van der Waals surface area contributed by atoms with Gasteiger partial charge in [0.1, 0.15) is 18.2 Å². The molecule has 0 saturated heterocycles. The number of methoxy groups -OCH3 is 2.